The molecule has 2 rings (SSSR count). The second-order valence-electron chi connectivity index (χ2n) is 4.64. The fourth-order valence-corrected chi connectivity index (χ4v) is 2.43. The van der Waals surface area contributed by atoms with Crippen LogP contribution in [0.3, 0.4) is 0 Å². The van der Waals surface area contributed by atoms with E-state index in [4.69, 9.17) is 5.73 Å². The molecule has 94 valence electrons. The van der Waals surface area contributed by atoms with Crippen molar-refractivity contribution in [2.24, 2.45) is 0 Å². The van der Waals surface area contributed by atoms with Crippen LogP contribution in [0.2, 0.25) is 0 Å². The van der Waals surface area contributed by atoms with Crippen LogP contribution in [0.15, 0.2) is 12.4 Å². The van der Waals surface area contributed by atoms with Crippen LogP contribution in [-0.4, -0.2) is 47.6 Å². The summed E-state index contributed by atoms with van der Waals surface area (Å²) in [5.74, 6) is 1.38. The predicted octanol–water partition coefficient (Wildman–Crippen LogP) is 0.979. The summed E-state index contributed by atoms with van der Waals surface area (Å²) in [6, 6.07) is 0.474. The lowest BCUT2D eigenvalue weighted by Crippen LogP contribution is -2.40. The molecule has 1 aromatic rings. The van der Waals surface area contributed by atoms with Gasteiger partial charge in [0, 0.05) is 31.5 Å². The molecule has 0 aromatic carbocycles. The van der Waals surface area contributed by atoms with E-state index in [1.165, 1.54) is 0 Å². The van der Waals surface area contributed by atoms with Crippen LogP contribution in [0.25, 0.3) is 0 Å². The van der Waals surface area contributed by atoms with Gasteiger partial charge in [0.15, 0.2) is 11.6 Å². The summed E-state index contributed by atoms with van der Waals surface area (Å²) in [5.41, 5.74) is 5.93. The molecular weight excluding hydrogens is 214 g/mol. The minimum absolute atomic E-state index is 0.474. The average molecular weight is 235 g/mol. The predicted molar refractivity (Wildman–Crippen MR) is 70.0 cm³/mol. The van der Waals surface area contributed by atoms with E-state index >= 15 is 0 Å². The van der Waals surface area contributed by atoms with E-state index in [9.17, 15) is 0 Å². The Morgan fingerprint density at radius 3 is 2.82 bits per heavy atom. The van der Waals surface area contributed by atoms with E-state index in [0.29, 0.717) is 11.9 Å². The molecule has 1 unspecified atom stereocenters. The van der Waals surface area contributed by atoms with E-state index < -0.39 is 0 Å². The number of nitrogens with zero attached hydrogens (tertiary/aromatic N) is 4. The van der Waals surface area contributed by atoms with Crippen LogP contribution >= 0.6 is 0 Å². The van der Waals surface area contributed by atoms with Gasteiger partial charge in [0.25, 0.3) is 0 Å². The summed E-state index contributed by atoms with van der Waals surface area (Å²) in [6.45, 7) is 5.41. The molecule has 2 N–H and O–H groups in total. The van der Waals surface area contributed by atoms with Crippen LogP contribution in [0, 0.1) is 0 Å². The van der Waals surface area contributed by atoms with Crippen molar-refractivity contribution in [1.29, 1.82) is 0 Å². The van der Waals surface area contributed by atoms with Crippen molar-refractivity contribution in [1.82, 2.24) is 14.9 Å². The second kappa shape index (κ2) is 5.31. The quantitative estimate of drug-likeness (QED) is 0.828. The van der Waals surface area contributed by atoms with Crippen LogP contribution in [0.1, 0.15) is 19.8 Å². The Morgan fingerprint density at radius 1 is 1.35 bits per heavy atom. The first-order valence-corrected chi connectivity index (χ1v) is 6.24. The van der Waals surface area contributed by atoms with E-state index in [0.717, 1.165) is 38.3 Å². The van der Waals surface area contributed by atoms with Crippen molar-refractivity contribution >= 4 is 11.6 Å². The molecule has 1 saturated heterocycles. The monoisotopic (exact) mass is 235 g/mol. The van der Waals surface area contributed by atoms with Gasteiger partial charge in [-0.15, -0.1) is 0 Å². The van der Waals surface area contributed by atoms with Gasteiger partial charge < -0.3 is 15.5 Å². The number of hydrogen-bond acceptors (Lipinski definition) is 5. The number of anilines is 2. The van der Waals surface area contributed by atoms with Crippen molar-refractivity contribution in [2.75, 3.05) is 37.3 Å². The molecule has 17 heavy (non-hydrogen) atoms. The molecule has 0 aliphatic carbocycles. The SMILES string of the molecule is CCC1CN(C)CCCN1c1nccnc1N. The molecular formula is C12H21N5. The van der Waals surface area contributed by atoms with Gasteiger partial charge in [0.05, 0.1) is 0 Å². The van der Waals surface area contributed by atoms with Gasteiger partial charge in [-0.2, -0.15) is 0 Å². The molecule has 1 aliphatic heterocycles. The fourth-order valence-electron chi connectivity index (χ4n) is 2.43. The first-order chi connectivity index (χ1) is 8.22. The average Bonchev–Trinajstić information content (AvgIpc) is 2.51. The Kier molecular flexibility index (Phi) is 3.78. The number of rotatable bonds is 2. The molecule has 0 amide bonds. The lowest BCUT2D eigenvalue weighted by atomic mass is 10.2. The summed E-state index contributed by atoms with van der Waals surface area (Å²) in [5, 5.41) is 0. The highest BCUT2D eigenvalue weighted by molar-refractivity contribution is 5.58. The van der Waals surface area contributed by atoms with E-state index in [-0.39, 0.29) is 0 Å². The molecule has 0 radical (unpaired) electrons. The van der Waals surface area contributed by atoms with Crippen molar-refractivity contribution in [3.05, 3.63) is 12.4 Å². The van der Waals surface area contributed by atoms with Crippen molar-refractivity contribution in [3.8, 4) is 0 Å². The number of hydrogen-bond donors (Lipinski definition) is 1. The minimum Gasteiger partial charge on any atom is -0.381 e. The van der Waals surface area contributed by atoms with Crippen LogP contribution < -0.4 is 10.6 Å². The van der Waals surface area contributed by atoms with Crippen LogP contribution in [0.5, 0.6) is 0 Å². The molecule has 5 nitrogen and oxygen atoms in total. The maximum Gasteiger partial charge on any atom is 0.171 e. The van der Waals surface area contributed by atoms with Gasteiger partial charge in [0.1, 0.15) is 0 Å². The van der Waals surface area contributed by atoms with Crippen molar-refractivity contribution in [2.45, 2.75) is 25.8 Å². The Labute approximate surface area is 103 Å². The Hall–Kier alpha value is -1.36. The fraction of sp³-hybridized carbons (Fsp3) is 0.667. The minimum atomic E-state index is 0.474. The van der Waals surface area contributed by atoms with E-state index in [2.05, 4.69) is 33.7 Å². The first kappa shape index (κ1) is 12.1. The van der Waals surface area contributed by atoms with Gasteiger partial charge in [-0.3, -0.25) is 0 Å². The third-order valence-electron chi connectivity index (χ3n) is 3.35. The van der Waals surface area contributed by atoms with E-state index in [1.807, 2.05) is 0 Å². The molecule has 2 heterocycles. The summed E-state index contributed by atoms with van der Waals surface area (Å²) < 4.78 is 0. The van der Waals surface area contributed by atoms with Crippen LogP contribution in [0.4, 0.5) is 11.6 Å². The third kappa shape index (κ3) is 2.66. The Morgan fingerprint density at radius 2 is 2.12 bits per heavy atom. The molecule has 1 fully saturated rings. The Balaban J connectivity index is 2.25. The standard InChI is InChI=1S/C12H21N5/c1-3-10-9-16(2)7-4-8-17(10)12-11(13)14-5-6-15-12/h5-6,10H,3-4,7-9H2,1-2H3,(H2,13,14). The third-order valence-corrected chi connectivity index (χ3v) is 3.35. The smallest absolute Gasteiger partial charge is 0.171 e. The highest BCUT2D eigenvalue weighted by Crippen LogP contribution is 2.23. The largest absolute Gasteiger partial charge is 0.381 e. The van der Waals surface area contributed by atoms with Gasteiger partial charge in [-0.25, -0.2) is 9.97 Å². The maximum atomic E-state index is 5.93. The van der Waals surface area contributed by atoms with Crippen LogP contribution in [-0.2, 0) is 0 Å². The zero-order valence-corrected chi connectivity index (χ0v) is 10.6. The lowest BCUT2D eigenvalue weighted by Gasteiger charge is -2.31. The van der Waals surface area contributed by atoms with Gasteiger partial charge >= 0.3 is 0 Å². The molecule has 0 saturated carbocycles. The molecule has 1 atom stereocenters. The molecule has 1 aromatic heterocycles. The highest BCUT2D eigenvalue weighted by atomic mass is 15.3. The number of nitrogens with two attached hydrogens (primary N) is 1. The normalized spacial score (nSPS) is 22.5. The second-order valence-corrected chi connectivity index (χ2v) is 4.64. The zero-order valence-electron chi connectivity index (χ0n) is 10.6. The first-order valence-electron chi connectivity index (χ1n) is 6.24. The lowest BCUT2D eigenvalue weighted by molar-refractivity contribution is 0.327. The number of likely N-dealkylation sites (N-methyl/N-ethyl adjacent to an activating group) is 1. The Bertz CT molecular complexity index is 368. The summed E-state index contributed by atoms with van der Waals surface area (Å²) in [4.78, 5) is 13.2. The summed E-state index contributed by atoms with van der Waals surface area (Å²) in [6.07, 6.45) is 5.60. The van der Waals surface area contributed by atoms with Gasteiger partial charge in [-0.1, -0.05) is 6.92 Å². The topological polar surface area (TPSA) is 58.3 Å². The van der Waals surface area contributed by atoms with Crippen molar-refractivity contribution < 1.29 is 0 Å². The molecule has 0 bridgehead atoms. The zero-order chi connectivity index (χ0) is 12.3. The molecule has 0 spiro atoms. The number of nitrogen functional groups attached to an aromatic ring is 1. The van der Waals surface area contributed by atoms with Crippen molar-refractivity contribution in [3.63, 3.8) is 0 Å². The van der Waals surface area contributed by atoms with E-state index in [1.54, 1.807) is 12.4 Å². The number of aromatic nitrogens is 2. The molecule has 5 heteroatoms. The summed E-state index contributed by atoms with van der Waals surface area (Å²) >= 11 is 0. The van der Waals surface area contributed by atoms with Gasteiger partial charge in [0.2, 0.25) is 0 Å². The highest BCUT2D eigenvalue weighted by Gasteiger charge is 2.24. The molecule has 1 aliphatic rings. The summed E-state index contributed by atoms with van der Waals surface area (Å²) in [7, 11) is 2.17. The maximum absolute atomic E-state index is 5.93. The van der Waals surface area contributed by atoms with Gasteiger partial charge in [-0.05, 0) is 26.4 Å².